The van der Waals surface area contributed by atoms with Crippen molar-refractivity contribution in [3.05, 3.63) is 18.2 Å². The lowest BCUT2D eigenvalue weighted by molar-refractivity contribution is -0.138. The van der Waals surface area contributed by atoms with Crippen molar-refractivity contribution in [3.8, 4) is 11.5 Å². The fraction of sp³-hybridized carbons (Fsp3) is 0.588. The average Bonchev–Trinajstić information content (AvgIpc) is 2.52. The molecular formula is C17H24N2O3. The number of hydrogen-bond donors (Lipinski definition) is 0. The quantitative estimate of drug-likeness (QED) is 0.855. The molecule has 5 nitrogen and oxygen atoms in total. The summed E-state index contributed by atoms with van der Waals surface area (Å²) in [5.74, 6) is 2.31. The molecule has 1 aliphatic carbocycles. The maximum atomic E-state index is 12.3. The predicted molar refractivity (Wildman–Crippen MR) is 85.7 cm³/mol. The zero-order chi connectivity index (χ0) is 15.5. The van der Waals surface area contributed by atoms with E-state index >= 15 is 0 Å². The number of carbonyl (C=O) groups excluding carboxylic acids is 1. The van der Waals surface area contributed by atoms with Gasteiger partial charge in [-0.15, -0.1) is 0 Å². The van der Waals surface area contributed by atoms with Gasteiger partial charge in [-0.05, 0) is 25.0 Å². The molecule has 1 aromatic rings. The van der Waals surface area contributed by atoms with Crippen LogP contribution in [-0.4, -0.2) is 51.2 Å². The molecule has 5 heteroatoms. The molecular weight excluding hydrogens is 280 g/mol. The molecule has 1 heterocycles. The first-order valence-corrected chi connectivity index (χ1v) is 7.98. The first-order chi connectivity index (χ1) is 10.7. The van der Waals surface area contributed by atoms with Crippen LogP contribution in [0.1, 0.15) is 19.3 Å². The normalized spacial score (nSPS) is 18.8. The molecule has 0 aromatic heterocycles. The van der Waals surface area contributed by atoms with Gasteiger partial charge in [-0.3, -0.25) is 4.79 Å². The monoisotopic (exact) mass is 304 g/mol. The highest BCUT2D eigenvalue weighted by Gasteiger charge is 2.31. The van der Waals surface area contributed by atoms with Crippen LogP contribution in [-0.2, 0) is 4.79 Å². The molecule has 0 unspecified atom stereocenters. The second-order valence-electron chi connectivity index (χ2n) is 5.98. The third-order valence-corrected chi connectivity index (χ3v) is 4.77. The van der Waals surface area contributed by atoms with E-state index in [-0.39, 0.29) is 5.92 Å². The van der Waals surface area contributed by atoms with E-state index in [1.54, 1.807) is 14.2 Å². The van der Waals surface area contributed by atoms with Gasteiger partial charge in [-0.2, -0.15) is 0 Å². The van der Waals surface area contributed by atoms with Crippen LogP contribution in [0.25, 0.3) is 0 Å². The Bertz CT molecular complexity index is 535. The van der Waals surface area contributed by atoms with E-state index < -0.39 is 0 Å². The molecule has 0 N–H and O–H groups in total. The summed E-state index contributed by atoms with van der Waals surface area (Å²) in [5, 5.41) is 0. The van der Waals surface area contributed by atoms with Gasteiger partial charge in [0.05, 0.1) is 19.9 Å². The first-order valence-electron chi connectivity index (χ1n) is 7.98. The summed E-state index contributed by atoms with van der Waals surface area (Å²) in [4.78, 5) is 16.6. The van der Waals surface area contributed by atoms with Crippen molar-refractivity contribution in [2.24, 2.45) is 5.92 Å². The van der Waals surface area contributed by atoms with Crippen LogP contribution in [0.15, 0.2) is 18.2 Å². The molecule has 1 amide bonds. The van der Waals surface area contributed by atoms with E-state index in [4.69, 9.17) is 9.47 Å². The highest BCUT2D eigenvalue weighted by atomic mass is 16.5. The lowest BCUT2D eigenvalue weighted by Crippen LogP contribution is -2.51. The van der Waals surface area contributed by atoms with Gasteiger partial charge in [-0.1, -0.05) is 6.42 Å². The van der Waals surface area contributed by atoms with Crippen molar-refractivity contribution in [1.82, 2.24) is 4.90 Å². The fourth-order valence-electron chi connectivity index (χ4n) is 3.13. The lowest BCUT2D eigenvalue weighted by Gasteiger charge is -2.39. The van der Waals surface area contributed by atoms with Crippen LogP contribution < -0.4 is 14.4 Å². The smallest absolute Gasteiger partial charge is 0.225 e. The van der Waals surface area contributed by atoms with Gasteiger partial charge in [0.15, 0.2) is 0 Å². The lowest BCUT2D eigenvalue weighted by atomic mass is 9.84. The molecule has 2 fully saturated rings. The maximum Gasteiger partial charge on any atom is 0.225 e. The molecule has 2 aliphatic rings. The Morgan fingerprint density at radius 3 is 2.36 bits per heavy atom. The third kappa shape index (κ3) is 2.85. The van der Waals surface area contributed by atoms with Gasteiger partial charge in [-0.25, -0.2) is 0 Å². The SMILES string of the molecule is COc1ccc(OC)c(N2CCN(C(=O)C3CCC3)CC2)c1. The van der Waals surface area contributed by atoms with Crippen LogP contribution in [0, 0.1) is 5.92 Å². The Morgan fingerprint density at radius 2 is 1.82 bits per heavy atom. The molecule has 0 spiro atoms. The van der Waals surface area contributed by atoms with E-state index in [1.165, 1.54) is 6.42 Å². The Hall–Kier alpha value is -1.91. The molecule has 1 aliphatic heterocycles. The number of piperazine rings is 1. The Morgan fingerprint density at radius 1 is 1.09 bits per heavy atom. The van der Waals surface area contributed by atoms with E-state index in [0.717, 1.165) is 56.2 Å². The number of anilines is 1. The van der Waals surface area contributed by atoms with Crippen LogP contribution in [0.2, 0.25) is 0 Å². The van der Waals surface area contributed by atoms with Gasteiger partial charge in [0, 0.05) is 38.2 Å². The van der Waals surface area contributed by atoms with Crippen molar-refractivity contribution in [1.29, 1.82) is 0 Å². The third-order valence-electron chi connectivity index (χ3n) is 4.77. The number of benzene rings is 1. The Labute approximate surface area is 131 Å². The standard InChI is InChI=1S/C17H24N2O3/c1-21-14-6-7-16(22-2)15(12-14)18-8-10-19(11-9-18)17(20)13-4-3-5-13/h6-7,12-13H,3-5,8-11H2,1-2H3. The van der Waals surface area contributed by atoms with E-state index in [1.807, 2.05) is 23.1 Å². The number of hydrogen-bond acceptors (Lipinski definition) is 4. The van der Waals surface area contributed by atoms with E-state index in [0.29, 0.717) is 5.91 Å². The number of amides is 1. The highest BCUT2D eigenvalue weighted by Crippen LogP contribution is 2.33. The molecule has 1 aromatic carbocycles. The van der Waals surface area contributed by atoms with Crippen molar-refractivity contribution in [2.45, 2.75) is 19.3 Å². The summed E-state index contributed by atoms with van der Waals surface area (Å²) < 4.78 is 10.8. The summed E-state index contributed by atoms with van der Waals surface area (Å²) in [6.45, 7) is 3.25. The summed E-state index contributed by atoms with van der Waals surface area (Å²) in [6, 6.07) is 5.83. The first kappa shape index (κ1) is 15.0. The summed E-state index contributed by atoms with van der Waals surface area (Å²) in [6.07, 6.45) is 3.35. The molecule has 120 valence electrons. The van der Waals surface area contributed by atoms with Gasteiger partial charge < -0.3 is 19.3 Å². The average molecular weight is 304 g/mol. The molecule has 0 bridgehead atoms. The van der Waals surface area contributed by atoms with Crippen LogP contribution >= 0.6 is 0 Å². The topological polar surface area (TPSA) is 42.0 Å². The van der Waals surface area contributed by atoms with Gasteiger partial charge in [0.1, 0.15) is 11.5 Å². The molecule has 1 saturated heterocycles. The Balaban J connectivity index is 1.66. The van der Waals surface area contributed by atoms with Crippen LogP contribution in [0.3, 0.4) is 0 Å². The van der Waals surface area contributed by atoms with Gasteiger partial charge >= 0.3 is 0 Å². The highest BCUT2D eigenvalue weighted by molar-refractivity contribution is 5.80. The van der Waals surface area contributed by atoms with E-state index in [9.17, 15) is 4.79 Å². The summed E-state index contributed by atoms with van der Waals surface area (Å²) in [7, 11) is 3.35. The predicted octanol–water partition coefficient (Wildman–Crippen LogP) is 2.15. The number of carbonyl (C=O) groups is 1. The molecule has 3 rings (SSSR count). The fourth-order valence-corrected chi connectivity index (χ4v) is 3.13. The van der Waals surface area contributed by atoms with Crippen molar-refractivity contribution in [2.75, 3.05) is 45.3 Å². The minimum absolute atomic E-state index is 0.290. The Kier molecular flexibility index (Phi) is 4.41. The maximum absolute atomic E-state index is 12.3. The molecule has 0 atom stereocenters. The summed E-state index contributed by atoms with van der Waals surface area (Å²) in [5.41, 5.74) is 1.04. The van der Waals surface area contributed by atoms with Crippen LogP contribution in [0.5, 0.6) is 11.5 Å². The zero-order valence-corrected chi connectivity index (χ0v) is 13.4. The number of rotatable bonds is 4. The van der Waals surface area contributed by atoms with Crippen molar-refractivity contribution < 1.29 is 14.3 Å². The number of ether oxygens (including phenoxy) is 2. The minimum atomic E-state index is 0.290. The number of methoxy groups -OCH3 is 2. The van der Waals surface area contributed by atoms with Crippen molar-refractivity contribution >= 4 is 11.6 Å². The molecule has 1 saturated carbocycles. The van der Waals surface area contributed by atoms with Crippen molar-refractivity contribution in [3.63, 3.8) is 0 Å². The van der Waals surface area contributed by atoms with Gasteiger partial charge in [0.2, 0.25) is 5.91 Å². The second kappa shape index (κ2) is 6.46. The van der Waals surface area contributed by atoms with E-state index in [2.05, 4.69) is 4.90 Å². The second-order valence-corrected chi connectivity index (χ2v) is 5.98. The minimum Gasteiger partial charge on any atom is -0.497 e. The molecule has 22 heavy (non-hydrogen) atoms. The van der Waals surface area contributed by atoms with Gasteiger partial charge in [0.25, 0.3) is 0 Å². The zero-order valence-electron chi connectivity index (χ0n) is 13.4. The molecule has 0 radical (unpaired) electrons. The number of nitrogens with zero attached hydrogens (tertiary/aromatic N) is 2. The summed E-state index contributed by atoms with van der Waals surface area (Å²) >= 11 is 0. The largest absolute Gasteiger partial charge is 0.497 e. The van der Waals surface area contributed by atoms with Crippen LogP contribution in [0.4, 0.5) is 5.69 Å².